The van der Waals surface area contributed by atoms with Crippen molar-refractivity contribution < 1.29 is 32.3 Å². The van der Waals surface area contributed by atoms with Crippen LogP contribution in [0.2, 0.25) is 5.02 Å². The number of hydrogen-bond acceptors (Lipinski definition) is 5. The number of hydrazone groups is 1. The van der Waals surface area contributed by atoms with Crippen molar-refractivity contribution in [2.24, 2.45) is 11.0 Å². The summed E-state index contributed by atoms with van der Waals surface area (Å²) in [6.07, 6.45) is -3.03. The van der Waals surface area contributed by atoms with E-state index in [9.17, 15) is 27.6 Å². The number of nitrogens with one attached hydrogen (secondary N) is 2. The van der Waals surface area contributed by atoms with Crippen LogP contribution >= 0.6 is 11.6 Å². The standard InChI is InChI=1S/C27H22ClF3N4O4/c28-20-6-8-22(9-7-20)35-15-18(12-25(35)37)26(38)34-32-14-17-4-10-23(11-5-17)39-16-24(36)33-21-3-1-2-19(13-21)27(29,30)31/h1-11,13-14,18H,12,15-16H2,(H,33,36)(H,34,38)/b32-14-/t18-/m1/s1. The first-order valence-electron chi connectivity index (χ1n) is 11.7. The highest BCUT2D eigenvalue weighted by atomic mass is 35.5. The zero-order chi connectivity index (χ0) is 28.0. The molecule has 2 N–H and O–H groups in total. The molecule has 0 saturated carbocycles. The van der Waals surface area contributed by atoms with Crippen molar-refractivity contribution in [3.8, 4) is 5.75 Å². The second kappa shape index (κ2) is 12.0. The van der Waals surface area contributed by atoms with Crippen molar-refractivity contribution >= 4 is 46.9 Å². The number of carbonyl (C=O) groups is 3. The smallest absolute Gasteiger partial charge is 0.416 e. The summed E-state index contributed by atoms with van der Waals surface area (Å²) in [5.41, 5.74) is 2.87. The normalized spacial score (nSPS) is 15.4. The number of benzene rings is 3. The molecule has 3 aromatic rings. The Kier molecular flexibility index (Phi) is 8.50. The van der Waals surface area contributed by atoms with Gasteiger partial charge < -0.3 is 15.0 Å². The number of anilines is 2. The molecule has 1 heterocycles. The third-order valence-electron chi connectivity index (χ3n) is 5.75. The Hall–Kier alpha value is -4.38. The van der Waals surface area contributed by atoms with Crippen LogP contribution in [-0.4, -0.2) is 37.1 Å². The number of rotatable bonds is 8. The molecule has 0 aromatic heterocycles. The fourth-order valence-corrected chi connectivity index (χ4v) is 3.91. The summed E-state index contributed by atoms with van der Waals surface area (Å²) in [5, 5.41) is 6.85. The molecule has 8 nitrogen and oxygen atoms in total. The highest BCUT2D eigenvalue weighted by Crippen LogP contribution is 2.30. The van der Waals surface area contributed by atoms with Gasteiger partial charge in [0.2, 0.25) is 11.8 Å². The van der Waals surface area contributed by atoms with E-state index in [0.717, 1.165) is 12.1 Å². The van der Waals surface area contributed by atoms with E-state index in [1.807, 2.05) is 0 Å². The summed E-state index contributed by atoms with van der Waals surface area (Å²) in [5.74, 6) is -1.38. The third kappa shape index (κ3) is 7.57. The minimum Gasteiger partial charge on any atom is -0.484 e. The van der Waals surface area contributed by atoms with Crippen LogP contribution in [0.1, 0.15) is 17.5 Å². The summed E-state index contributed by atoms with van der Waals surface area (Å²) >= 11 is 5.89. The molecule has 39 heavy (non-hydrogen) atoms. The number of amides is 3. The van der Waals surface area contributed by atoms with Crippen LogP contribution in [-0.2, 0) is 20.6 Å². The highest BCUT2D eigenvalue weighted by molar-refractivity contribution is 6.30. The lowest BCUT2D eigenvalue weighted by atomic mass is 10.1. The Morgan fingerprint density at radius 3 is 2.49 bits per heavy atom. The topological polar surface area (TPSA) is 100 Å². The van der Waals surface area contributed by atoms with Crippen molar-refractivity contribution in [3.05, 3.63) is 88.9 Å². The average molecular weight is 559 g/mol. The van der Waals surface area contributed by atoms with E-state index in [0.29, 0.717) is 22.0 Å². The Bertz CT molecular complexity index is 1380. The van der Waals surface area contributed by atoms with E-state index in [4.69, 9.17) is 16.3 Å². The van der Waals surface area contributed by atoms with Crippen molar-refractivity contribution in [1.29, 1.82) is 0 Å². The molecule has 3 aromatic carbocycles. The molecule has 1 atom stereocenters. The Morgan fingerprint density at radius 2 is 1.79 bits per heavy atom. The molecule has 12 heteroatoms. The summed E-state index contributed by atoms with van der Waals surface area (Å²) < 4.78 is 43.8. The molecule has 3 amide bonds. The summed E-state index contributed by atoms with van der Waals surface area (Å²) in [6, 6.07) is 17.5. The van der Waals surface area contributed by atoms with Crippen molar-refractivity contribution in [2.45, 2.75) is 12.6 Å². The molecule has 0 bridgehead atoms. The maximum Gasteiger partial charge on any atom is 0.416 e. The molecule has 4 rings (SSSR count). The summed E-state index contributed by atoms with van der Waals surface area (Å²) in [4.78, 5) is 38.4. The van der Waals surface area contributed by atoms with Gasteiger partial charge in [-0.05, 0) is 72.3 Å². The molecule has 0 radical (unpaired) electrons. The van der Waals surface area contributed by atoms with Crippen molar-refractivity contribution in [1.82, 2.24) is 5.43 Å². The molecule has 1 fully saturated rings. The van der Waals surface area contributed by atoms with E-state index in [2.05, 4.69) is 15.8 Å². The van der Waals surface area contributed by atoms with Gasteiger partial charge >= 0.3 is 6.18 Å². The van der Waals surface area contributed by atoms with Gasteiger partial charge in [-0.2, -0.15) is 18.3 Å². The fourth-order valence-electron chi connectivity index (χ4n) is 3.78. The van der Waals surface area contributed by atoms with E-state index < -0.39 is 30.2 Å². The lowest BCUT2D eigenvalue weighted by Crippen LogP contribution is -2.30. The van der Waals surface area contributed by atoms with Crippen molar-refractivity contribution in [2.75, 3.05) is 23.4 Å². The zero-order valence-corrected chi connectivity index (χ0v) is 21.0. The van der Waals surface area contributed by atoms with Crippen LogP contribution in [0.5, 0.6) is 5.75 Å². The molecule has 1 aliphatic rings. The SMILES string of the molecule is O=C(COc1ccc(/C=N\NC(=O)[C@@H]2CC(=O)N(c3ccc(Cl)cc3)C2)cc1)Nc1cccc(C(F)(F)F)c1. The third-order valence-corrected chi connectivity index (χ3v) is 6.00. The van der Waals surface area contributed by atoms with Crippen LogP contribution < -0.4 is 20.4 Å². The quantitative estimate of drug-likeness (QED) is 0.304. The zero-order valence-electron chi connectivity index (χ0n) is 20.2. The number of ether oxygens (including phenoxy) is 1. The first-order valence-corrected chi connectivity index (χ1v) is 12.0. The van der Waals surface area contributed by atoms with Gasteiger partial charge in [-0.3, -0.25) is 14.4 Å². The van der Waals surface area contributed by atoms with Crippen molar-refractivity contribution in [3.63, 3.8) is 0 Å². The lowest BCUT2D eigenvalue weighted by Gasteiger charge is -2.16. The van der Waals surface area contributed by atoms with E-state index in [1.54, 1.807) is 48.5 Å². The summed E-state index contributed by atoms with van der Waals surface area (Å²) in [6.45, 7) is -0.178. The predicted molar refractivity (Wildman–Crippen MR) is 140 cm³/mol. The van der Waals surface area contributed by atoms with Gasteiger partial charge in [0.15, 0.2) is 6.61 Å². The van der Waals surface area contributed by atoms with E-state index >= 15 is 0 Å². The van der Waals surface area contributed by atoms with E-state index in [-0.39, 0.29) is 30.5 Å². The molecular formula is C27H22ClF3N4O4. The van der Waals surface area contributed by atoms with E-state index in [1.165, 1.54) is 23.2 Å². The number of nitrogens with zero attached hydrogens (tertiary/aromatic N) is 2. The second-order valence-electron chi connectivity index (χ2n) is 8.60. The molecule has 0 aliphatic carbocycles. The fraction of sp³-hybridized carbons (Fsp3) is 0.185. The Morgan fingerprint density at radius 1 is 1.08 bits per heavy atom. The van der Waals surface area contributed by atoms with Crippen LogP contribution in [0.3, 0.4) is 0 Å². The molecule has 1 saturated heterocycles. The van der Waals surface area contributed by atoms with Gasteiger partial charge in [0.25, 0.3) is 5.91 Å². The van der Waals surface area contributed by atoms with Gasteiger partial charge in [-0.15, -0.1) is 0 Å². The molecule has 0 unspecified atom stereocenters. The summed E-state index contributed by atoms with van der Waals surface area (Å²) in [7, 11) is 0. The van der Waals surface area contributed by atoms with Crippen LogP contribution in [0.15, 0.2) is 77.9 Å². The lowest BCUT2D eigenvalue weighted by molar-refractivity contribution is -0.137. The number of halogens is 4. The maximum absolute atomic E-state index is 12.8. The molecular weight excluding hydrogens is 537 g/mol. The van der Waals surface area contributed by atoms with Gasteiger partial charge in [-0.1, -0.05) is 17.7 Å². The highest BCUT2D eigenvalue weighted by Gasteiger charge is 2.35. The molecule has 1 aliphatic heterocycles. The van der Waals surface area contributed by atoms with Gasteiger partial charge in [0.1, 0.15) is 5.75 Å². The molecule has 0 spiro atoms. The monoisotopic (exact) mass is 558 g/mol. The predicted octanol–water partition coefficient (Wildman–Crippen LogP) is 4.88. The van der Waals surface area contributed by atoms with Gasteiger partial charge in [0.05, 0.1) is 17.7 Å². The first-order chi connectivity index (χ1) is 18.6. The largest absolute Gasteiger partial charge is 0.484 e. The van der Waals surface area contributed by atoms with Crippen LogP contribution in [0.4, 0.5) is 24.5 Å². The maximum atomic E-state index is 12.8. The number of hydrogen-bond donors (Lipinski definition) is 2. The van der Waals surface area contributed by atoms with Crippen LogP contribution in [0, 0.1) is 5.92 Å². The average Bonchev–Trinajstić information content (AvgIpc) is 3.30. The Balaban J connectivity index is 1.22. The first kappa shape index (κ1) is 27.6. The van der Waals surface area contributed by atoms with Gasteiger partial charge in [-0.25, -0.2) is 5.43 Å². The number of carbonyl (C=O) groups excluding carboxylic acids is 3. The van der Waals surface area contributed by atoms with Crippen LogP contribution in [0.25, 0.3) is 0 Å². The van der Waals surface area contributed by atoms with Gasteiger partial charge in [0, 0.05) is 29.4 Å². The minimum atomic E-state index is -4.51. The Labute approximate surface area is 226 Å². The molecule has 202 valence electrons. The second-order valence-corrected chi connectivity index (χ2v) is 9.04. The minimum absolute atomic E-state index is 0.00619. The number of alkyl halides is 3.